The van der Waals surface area contributed by atoms with Gasteiger partial charge in [0.15, 0.2) is 0 Å². The first-order valence-corrected chi connectivity index (χ1v) is 11.1. The molecule has 0 saturated heterocycles. The van der Waals surface area contributed by atoms with E-state index >= 15 is 0 Å². The number of para-hydroxylation sites is 1. The van der Waals surface area contributed by atoms with Crippen LogP contribution in [0.15, 0.2) is 30.5 Å². The zero-order valence-corrected chi connectivity index (χ0v) is 18.0. The Kier molecular flexibility index (Phi) is 9.35. The number of aromatic nitrogens is 1. The third-order valence-electron chi connectivity index (χ3n) is 4.61. The van der Waals surface area contributed by atoms with E-state index in [1.807, 2.05) is 30.5 Å². The highest BCUT2D eigenvalue weighted by molar-refractivity contribution is 7.98. The van der Waals surface area contributed by atoms with E-state index in [0.717, 1.165) is 16.5 Å². The van der Waals surface area contributed by atoms with Gasteiger partial charge in [-0.25, -0.2) is 4.79 Å². The highest BCUT2D eigenvalue weighted by atomic mass is 32.2. The number of carbonyl (C=O) groups is 4. The minimum absolute atomic E-state index is 0.0842. The number of hydrogen-bond donors (Lipinski definition) is 6. The van der Waals surface area contributed by atoms with E-state index in [2.05, 4.69) is 20.9 Å². The molecule has 1 heterocycles. The second kappa shape index (κ2) is 12.0. The SMILES string of the molecule is CSCCC(NC(=O)CNC(=O)CN)C(=O)NC(Cc1c[nH]c2ccccc12)C(=O)O. The molecule has 2 rings (SSSR count). The lowest BCUT2D eigenvalue weighted by Crippen LogP contribution is -2.53. The van der Waals surface area contributed by atoms with Gasteiger partial charge < -0.3 is 31.8 Å². The van der Waals surface area contributed by atoms with Gasteiger partial charge in [0.05, 0.1) is 13.1 Å². The summed E-state index contributed by atoms with van der Waals surface area (Å²) in [5.41, 5.74) is 6.81. The standard InChI is InChI=1S/C20H27N5O5S/c1-31-7-6-15(24-18(27)11-23-17(26)9-21)19(28)25-16(20(29)30)8-12-10-22-14-5-3-2-4-13(12)14/h2-5,10,15-16,22H,6-9,11,21H2,1H3,(H,23,26)(H,24,27)(H,25,28)(H,29,30). The van der Waals surface area contributed by atoms with Crippen LogP contribution in [0, 0.1) is 0 Å². The van der Waals surface area contributed by atoms with Crippen molar-refractivity contribution in [1.82, 2.24) is 20.9 Å². The topological polar surface area (TPSA) is 166 Å². The van der Waals surface area contributed by atoms with Crippen LogP contribution in [0.3, 0.4) is 0 Å². The minimum Gasteiger partial charge on any atom is -0.480 e. The molecule has 2 atom stereocenters. The lowest BCUT2D eigenvalue weighted by atomic mass is 10.0. The summed E-state index contributed by atoms with van der Waals surface area (Å²) in [4.78, 5) is 50.9. The summed E-state index contributed by atoms with van der Waals surface area (Å²) in [5.74, 6) is -2.26. The van der Waals surface area contributed by atoms with E-state index in [0.29, 0.717) is 12.2 Å². The first-order valence-electron chi connectivity index (χ1n) is 9.69. The molecule has 31 heavy (non-hydrogen) atoms. The van der Waals surface area contributed by atoms with Crippen LogP contribution in [0.5, 0.6) is 0 Å². The predicted octanol–water partition coefficient (Wildman–Crippen LogP) is -0.407. The van der Waals surface area contributed by atoms with Crippen molar-refractivity contribution in [2.75, 3.05) is 25.1 Å². The molecule has 0 spiro atoms. The zero-order valence-electron chi connectivity index (χ0n) is 17.1. The molecule has 1 aromatic heterocycles. The molecule has 2 unspecified atom stereocenters. The van der Waals surface area contributed by atoms with Crippen LogP contribution in [-0.2, 0) is 25.6 Å². The Bertz CT molecular complexity index is 932. The molecule has 0 aliphatic heterocycles. The number of carbonyl (C=O) groups excluding carboxylic acids is 3. The summed E-state index contributed by atoms with van der Waals surface area (Å²) in [6, 6.07) is 5.38. The highest BCUT2D eigenvalue weighted by Gasteiger charge is 2.27. The molecule has 10 nitrogen and oxygen atoms in total. The molecule has 0 radical (unpaired) electrons. The van der Waals surface area contributed by atoms with E-state index in [1.54, 1.807) is 6.20 Å². The number of carboxylic acid groups (broad SMARTS) is 1. The summed E-state index contributed by atoms with van der Waals surface area (Å²) >= 11 is 1.49. The molecular formula is C20H27N5O5S. The van der Waals surface area contributed by atoms with Crippen LogP contribution < -0.4 is 21.7 Å². The fraction of sp³-hybridized carbons (Fsp3) is 0.400. The Labute approximate surface area is 183 Å². The van der Waals surface area contributed by atoms with Gasteiger partial charge in [0.25, 0.3) is 0 Å². The number of nitrogens with one attached hydrogen (secondary N) is 4. The Hall–Kier alpha value is -3.05. The van der Waals surface area contributed by atoms with Crippen molar-refractivity contribution < 1.29 is 24.3 Å². The van der Waals surface area contributed by atoms with Gasteiger partial charge >= 0.3 is 5.97 Å². The average Bonchev–Trinajstić information content (AvgIpc) is 3.17. The van der Waals surface area contributed by atoms with Gasteiger partial charge in [0, 0.05) is 23.5 Å². The van der Waals surface area contributed by atoms with Crippen molar-refractivity contribution in [2.45, 2.75) is 24.9 Å². The molecule has 7 N–H and O–H groups in total. The first kappa shape index (κ1) is 24.2. The van der Waals surface area contributed by atoms with Crippen molar-refractivity contribution in [3.05, 3.63) is 36.0 Å². The summed E-state index contributed by atoms with van der Waals surface area (Å²) in [6.07, 6.45) is 3.97. The summed E-state index contributed by atoms with van der Waals surface area (Å²) in [7, 11) is 0. The van der Waals surface area contributed by atoms with E-state index in [-0.39, 0.29) is 19.5 Å². The molecule has 2 aromatic rings. The predicted molar refractivity (Wildman–Crippen MR) is 119 cm³/mol. The van der Waals surface area contributed by atoms with E-state index in [1.165, 1.54) is 11.8 Å². The maximum absolute atomic E-state index is 12.8. The van der Waals surface area contributed by atoms with Crippen molar-refractivity contribution in [3.8, 4) is 0 Å². The number of aliphatic carboxylic acids is 1. The molecule has 168 valence electrons. The summed E-state index contributed by atoms with van der Waals surface area (Å²) in [5, 5.41) is 17.9. The Morgan fingerprint density at radius 2 is 1.87 bits per heavy atom. The monoisotopic (exact) mass is 449 g/mol. The van der Waals surface area contributed by atoms with Crippen LogP contribution in [0.4, 0.5) is 0 Å². The van der Waals surface area contributed by atoms with Gasteiger partial charge in [-0.2, -0.15) is 11.8 Å². The molecule has 0 aliphatic carbocycles. The fourth-order valence-electron chi connectivity index (χ4n) is 2.99. The second-order valence-corrected chi connectivity index (χ2v) is 7.83. The van der Waals surface area contributed by atoms with Gasteiger partial charge in [-0.3, -0.25) is 14.4 Å². The highest BCUT2D eigenvalue weighted by Crippen LogP contribution is 2.19. The number of aromatic amines is 1. The third kappa shape index (κ3) is 7.30. The van der Waals surface area contributed by atoms with Gasteiger partial charge in [-0.05, 0) is 30.1 Å². The zero-order chi connectivity index (χ0) is 22.8. The molecule has 0 fully saturated rings. The Balaban J connectivity index is 2.06. The number of nitrogens with two attached hydrogens (primary N) is 1. The van der Waals surface area contributed by atoms with Crippen LogP contribution >= 0.6 is 11.8 Å². The molecule has 0 aliphatic rings. The number of fused-ring (bicyclic) bond motifs is 1. The normalized spacial score (nSPS) is 12.7. The number of amides is 3. The number of benzene rings is 1. The van der Waals surface area contributed by atoms with Crippen LogP contribution in [0.1, 0.15) is 12.0 Å². The van der Waals surface area contributed by atoms with E-state index in [4.69, 9.17) is 5.73 Å². The number of carboxylic acids is 1. The van der Waals surface area contributed by atoms with Crippen LogP contribution in [0.25, 0.3) is 10.9 Å². The summed E-state index contributed by atoms with van der Waals surface area (Å²) in [6.45, 7) is -0.575. The van der Waals surface area contributed by atoms with Gasteiger partial charge in [-0.15, -0.1) is 0 Å². The molecular weight excluding hydrogens is 422 g/mol. The average molecular weight is 450 g/mol. The lowest BCUT2D eigenvalue weighted by Gasteiger charge is -2.21. The number of hydrogen-bond acceptors (Lipinski definition) is 6. The lowest BCUT2D eigenvalue weighted by molar-refractivity contribution is -0.142. The second-order valence-electron chi connectivity index (χ2n) is 6.85. The van der Waals surface area contributed by atoms with Crippen molar-refractivity contribution >= 4 is 46.4 Å². The largest absolute Gasteiger partial charge is 0.480 e. The molecule has 0 saturated carbocycles. The van der Waals surface area contributed by atoms with Gasteiger partial charge in [0.1, 0.15) is 12.1 Å². The minimum atomic E-state index is -1.18. The molecule has 1 aromatic carbocycles. The van der Waals surface area contributed by atoms with E-state index < -0.39 is 35.8 Å². The Morgan fingerprint density at radius 1 is 1.13 bits per heavy atom. The maximum Gasteiger partial charge on any atom is 0.326 e. The number of H-pyrrole nitrogens is 1. The van der Waals surface area contributed by atoms with Crippen LogP contribution in [-0.4, -0.2) is 71.0 Å². The van der Waals surface area contributed by atoms with Crippen molar-refractivity contribution in [2.24, 2.45) is 5.73 Å². The fourth-order valence-corrected chi connectivity index (χ4v) is 3.47. The number of thioether (sulfide) groups is 1. The Morgan fingerprint density at radius 3 is 2.55 bits per heavy atom. The summed E-state index contributed by atoms with van der Waals surface area (Å²) < 4.78 is 0. The van der Waals surface area contributed by atoms with Gasteiger partial charge in [0.2, 0.25) is 17.7 Å². The van der Waals surface area contributed by atoms with Gasteiger partial charge in [-0.1, -0.05) is 18.2 Å². The van der Waals surface area contributed by atoms with E-state index in [9.17, 15) is 24.3 Å². The maximum atomic E-state index is 12.8. The van der Waals surface area contributed by atoms with Crippen molar-refractivity contribution in [3.63, 3.8) is 0 Å². The van der Waals surface area contributed by atoms with Crippen molar-refractivity contribution in [1.29, 1.82) is 0 Å². The third-order valence-corrected chi connectivity index (χ3v) is 5.25. The molecule has 11 heteroatoms. The first-order chi connectivity index (χ1) is 14.8. The molecule has 0 bridgehead atoms. The number of rotatable bonds is 12. The molecule has 3 amide bonds. The smallest absolute Gasteiger partial charge is 0.326 e. The quantitative estimate of drug-likeness (QED) is 0.256. The van der Waals surface area contributed by atoms with Crippen LogP contribution in [0.2, 0.25) is 0 Å².